The van der Waals surface area contributed by atoms with Crippen LogP contribution in [0.15, 0.2) is 66.9 Å². The second kappa shape index (κ2) is 9.14. The van der Waals surface area contributed by atoms with Crippen LogP contribution in [0, 0.1) is 13.8 Å². The number of nitrogens with one attached hydrogen (secondary N) is 1. The smallest absolute Gasteiger partial charge is 0.294 e. The van der Waals surface area contributed by atoms with Gasteiger partial charge in [-0.3, -0.25) is 14.5 Å². The van der Waals surface area contributed by atoms with E-state index in [1.165, 1.54) is 0 Å². The molecule has 1 aliphatic rings. The first kappa shape index (κ1) is 22.2. The minimum absolute atomic E-state index is 0. The van der Waals surface area contributed by atoms with E-state index >= 15 is 0 Å². The first-order valence-corrected chi connectivity index (χ1v) is 9.75. The third-order valence-electron chi connectivity index (χ3n) is 4.93. The molecule has 1 atom stereocenters. The number of pyridine rings is 1. The summed E-state index contributed by atoms with van der Waals surface area (Å²) in [6.07, 6.45) is 1.83. The van der Waals surface area contributed by atoms with Crippen molar-refractivity contribution in [2.75, 3.05) is 10.2 Å². The third-order valence-corrected chi connectivity index (χ3v) is 5.19. The quantitative estimate of drug-likeness (QED) is 0.403. The number of amides is 2. The van der Waals surface area contributed by atoms with Gasteiger partial charge in [0.1, 0.15) is 0 Å². The summed E-state index contributed by atoms with van der Waals surface area (Å²) in [6, 6.07) is 17.7. The Morgan fingerprint density at radius 2 is 1.73 bits per heavy atom. The van der Waals surface area contributed by atoms with Crippen molar-refractivity contribution in [1.82, 2.24) is 0 Å². The maximum atomic E-state index is 13.4. The van der Waals surface area contributed by atoms with Crippen molar-refractivity contribution < 1.29 is 38.1 Å². The van der Waals surface area contributed by atoms with Crippen molar-refractivity contribution >= 4 is 34.8 Å². The molecule has 3 aromatic rings. The minimum atomic E-state index is -0.783. The number of benzene rings is 2. The van der Waals surface area contributed by atoms with Gasteiger partial charge < -0.3 is 29.3 Å². The Bertz CT molecular complexity index is 1080. The second-order valence-electron chi connectivity index (χ2n) is 7.26. The molecule has 2 aromatic carbocycles. The normalized spacial score (nSPS) is 15.2. The lowest BCUT2D eigenvalue weighted by atomic mass is 10.0. The molecule has 2 heterocycles. The average molecular weight is 534 g/mol. The van der Waals surface area contributed by atoms with Crippen LogP contribution in [0.3, 0.4) is 0 Å². The monoisotopic (exact) mass is 533 g/mol. The lowest BCUT2D eigenvalue weighted by Crippen LogP contribution is -3.00. The van der Waals surface area contributed by atoms with Gasteiger partial charge in [0.2, 0.25) is 18.3 Å². The Labute approximate surface area is 197 Å². The third kappa shape index (κ3) is 4.49. The van der Waals surface area contributed by atoms with E-state index in [0.29, 0.717) is 10.7 Å². The number of hydrogen-bond acceptors (Lipinski definition) is 2. The molecule has 0 radical (unpaired) electrons. The highest BCUT2D eigenvalue weighted by atomic mass is 127. The van der Waals surface area contributed by atoms with E-state index in [9.17, 15) is 9.59 Å². The van der Waals surface area contributed by atoms with Crippen molar-refractivity contribution in [2.45, 2.75) is 26.4 Å². The zero-order valence-corrected chi connectivity index (χ0v) is 19.5. The van der Waals surface area contributed by atoms with Crippen LogP contribution in [-0.4, -0.2) is 11.8 Å². The maximum absolute atomic E-state index is 13.4. The van der Waals surface area contributed by atoms with Crippen LogP contribution >= 0.6 is 11.6 Å². The number of carbonyl (C=O) groups is 2. The molecule has 0 saturated heterocycles. The molecular formula is C23H21ClIN3O2. The molecule has 1 N–H and O–H groups in total. The number of rotatable bonds is 3. The molecule has 0 fully saturated rings. The van der Waals surface area contributed by atoms with Crippen molar-refractivity contribution in [2.24, 2.45) is 0 Å². The Kier molecular flexibility index (Phi) is 6.77. The van der Waals surface area contributed by atoms with E-state index < -0.39 is 6.04 Å². The van der Waals surface area contributed by atoms with Crippen LogP contribution in [0.2, 0.25) is 5.02 Å². The van der Waals surface area contributed by atoms with Crippen LogP contribution in [0.1, 0.15) is 22.9 Å². The average Bonchev–Trinajstić information content (AvgIpc) is 2.67. The van der Waals surface area contributed by atoms with Gasteiger partial charge in [-0.1, -0.05) is 23.7 Å². The van der Waals surface area contributed by atoms with Crippen LogP contribution in [0.25, 0.3) is 0 Å². The summed E-state index contributed by atoms with van der Waals surface area (Å²) in [5.41, 5.74) is 4.18. The van der Waals surface area contributed by atoms with Crippen molar-refractivity contribution in [3.8, 4) is 0 Å². The molecule has 2 amide bonds. The molecule has 0 bridgehead atoms. The highest BCUT2D eigenvalue weighted by Gasteiger charge is 2.43. The summed E-state index contributed by atoms with van der Waals surface area (Å²) in [5.74, 6) is -0.408. The van der Waals surface area contributed by atoms with E-state index in [1.807, 2.05) is 61.0 Å². The number of hydrogen-bond donors (Lipinski definition) is 1. The molecule has 5 nitrogen and oxygen atoms in total. The fourth-order valence-corrected chi connectivity index (χ4v) is 3.88. The maximum Gasteiger partial charge on any atom is 0.294 e. The standard InChI is InChI=1S/C23H20ClN3O2.HI/c1-15-11-16(2)13-19(12-15)27-21(28)14-26-10-4-3-5-20(26)22(27)23(29)25-18-8-6-17(24)7-9-18;/h3-13,22H,14H2,1-2H3;1H. The largest absolute Gasteiger partial charge is 1.00 e. The molecule has 1 unspecified atom stereocenters. The number of halogens is 2. The molecule has 4 rings (SSSR count). The summed E-state index contributed by atoms with van der Waals surface area (Å²) in [5, 5.41) is 3.52. The van der Waals surface area contributed by atoms with Crippen molar-refractivity contribution in [3.05, 3.63) is 88.7 Å². The number of nitrogens with zero attached hydrogens (tertiary/aromatic N) is 2. The van der Waals surface area contributed by atoms with E-state index in [0.717, 1.165) is 22.5 Å². The lowest BCUT2D eigenvalue weighted by Gasteiger charge is -2.32. The Hall–Kier alpha value is -2.45. The van der Waals surface area contributed by atoms with Crippen LogP contribution in [0.4, 0.5) is 11.4 Å². The number of anilines is 2. The van der Waals surface area contributed by atoms with Crippen molar-refractivity contribution in [1.29, 1.82) is 0 Å². The SMILES string of the molecule is Cc1cc(C)cc(N2C(=O)C[n+]3ccccc3C2C(=O)Nc2ccc(Cl)cc2)c1.[I-]. The summed E-state index contributed by atoms with van der Waals surface area (Å²) in [6.45, 7) is 4.15. The van der Waals surface area contributed by atoms with E-state index in [4.69, 9.17) is 11.6 Å². The van der Waals surface area contributed by atoms with Crippen LogP contribution in [0.5, 0.6) is 0 Å². The molecule has 7 heteroatoms. The highest BCUT2D eigenvalue weighted by molar-refractivity contribution is 6.30. The van der Waals surface area contributed by atoms with Crippen LogP contribution in [-0.2, 0) is 16.1 Å². The predicted molar refractivity (Wildman–Crippen MR) is 113 cm³/mol. The lowest BCUT2D eigenvalue weighted by molar-refractivity contribution is -0.695. The van der Waals surface area contributed by atoms with Gasteiger partial charge in [0.25, 0.3) is 11.8 Å². The van der Waals surface area contributed by atoms with E-state index in [2.05, 4.69) is 5.32 Å². The summed E-state index contributed by atoms with van der Waals surface area (Å²) in [7, 11) is 0. The highest BCUT2D eigenvalue weighted by Crippen LogP contribution is 2.31. The molecule has 1 aliphatic heterocycles. The Morgan fingerprint density at radius 3 is 2.40 bits per heavy atom. The van der Waals surface area contributed by atoms with E-state index in [-0.39, 0.29) is 42.3 Å². The van der Waals surface area contributed by atoms with Gasteiger partial charge in [0, 0.05) is 28.5 Å². The van der Waals surface area contributed by atoms with Gasteiger partial charge in [0.15, 0.2) is 6.20 Å². The van der Waals surface area contributed by atoms with Crippen molar-refractivity contribution in [3.63, 3.8) is 0 Å². The molecule has 154 valence electrons. The van der Waals surface area contributed by atoms with Gasteiger partial charge >= 0.3 is 0 Å². The van der Waals surface area contributed by atoms with Gasteiger partial charge in [-0.25, -0.2) is 0 Å². The number of carbonyl (C=O) groups excluding carboxylic acids is 2. The first-order chi connectivity index (χ1) is 13.9. The number of fused-ring (bicyclic) bond motifs is 1. The Balaban J connectivity index is 0.00000256. The Morgan fingerprint density at radius 1 is 1.07 bits per heavy atom. The van der Waals surface area contributed by atoms with Gasteiger partial charge in [0.05, 0.1) is 0 Å². The summed E-state index contributed by atoms with van der Waals surface area (Å²) in [4.78, 5) is 28.1. The summed E-state index contributed by atoms with van der Waals surface area (Å²) < 4.78 is 1.83. The predicted octanol–water partition coefficient (Wildman–Crippen LogP) is 0.975. The fourth-order valence-electron chi connectivity index (χ4n) is 3.76. The number of aryl methyl sites for hydroxylation is 2. The topological polar surface area (TPSA) is 53.3 Å². The zero-order chi connectivity index (χ0) is 20.5. The van der Waals surface area contributed by atoms with Gasteiger partial charge in [-0.2, -0.15) is 4.57 Å². The minimum Gasteiger partial charge on any atom is -1.00 e. The first-order valence-electron chi connectivity index (χ1n) is 9.37. The molecule has 0 saturated carbocycles. The van der Waals surface area contributed by atoms with Gasteiger partial charge in [-0.05, 0) is 61.4 Å². The number of aromatic nitrogens is 1. The zero-order valence-electron chi connectivity index (χ0n) is 16.6. The summed E-state index contributed by atoms with van der Waals surface area (Å²) >= 11 is 5.95. The molecule has 30 heavy (non-hydrogen) atoms. The van der Waals surface area contributed by atoms with Crippen LogP contribution < -0.4 is 38.8 Å². The molecule has 1 aromatic heterocycles. The molecule has 0 aliphatic carbocycles. The van der Waals surface area contributed by atoms with E-state index in [1.54, 1.807) is 29.2 Å². The molecule has 0 spiro atoms. The molecular weight excluding hydrogens is 513 g/mol. The second-order valence-corrected chi connectivity index (χ2v) is 7.70. The fraction of sp³-hybridized carbons (Fsp3) is 0.174. The van der Waals surface area contributed by atoms with Gasteiger partial charge in [-0.15, -0.1) is 0 Å².